The number of amides is 1. The highest BCUT2D eigenvalue weighted by molar-refractivity contribution is 5.92. The van der Waals surface area contributed by atoms with Gasteiger partial charge in [0.1, 0.15) is 0 Å². The quantitative estimate of drug-likeness (QED) is 0.921. The largest absolute Gasteiger partial charge is 0.330 e. The van der Waals surface area contributed by atoms with E-state index in [1.165, 1.54) is 29.9 Å². The van der Waals surface area contributed by atoms with Gasteiger partial charge in [0.05, 0.1) is 18.7 Å². The van der Waals surface area contributed by atoms with Crippen molar-refractivity contribution in [1.29, 1.82) is 0 Å². The van der Waals surface area contributed by atoms with E-state index in [1.54, 1.807) is 0 Å². The lowest BCUT2D eigenvalue weighted by Gasteiger charge is -2.37. The van der Waals surface area contributed by atoms with Gasteiger partial charge in [-0.2, -0.15) is 5.06 Å². The maximum Gasteiger partial charge on any atom is 0.253 e. The van der Waals surface area contributed by atoms with E-state index in [4.69, 9.17) is 10.6 Å². The monoisotopic (exact) mass is 274 g/mol. The van der Waals surface area contributed by atoms with E-state index in [1.807, 2.05) is 12.1 Å². The van der Waals surface area contributed by atoms with Gasteiger partial charge in [-0.1, -0.05) is 31.4 Å². The highest BCUT2D eigenvalue weighted by Gasteiger charge is 2.33. The molecule has 0 radical (unpaired) electrons. The molecule has 4 nitrogen and oxygen atoms in total. The van der Waals surface area contributed by atoms with Crippen molar-refractivity contribution in [3.05, 3.63) is 29.8 Å². The molecule has 1 aliphatic carbocycles. The van der Waals surface area contributed by atoms with Gasteiger partial charge in [0.15, 0.2) is 0 Å². The third-order valence-electron chi connectivity index (χ3n) is 4.66. The SMILES string of the molecule is NCC1(c2cccc(N3OCCC3=O)c2)CCCCC1. The highest BCUT2D eigenvalue weighted by Crippen LogP contribution is 2.39. The third kappa shape index (κ3) is 2.34. The van der Waals surface area contributed by atoms with E-state index in [9.17, 15) is 4.79 Å². The number of carbonyl (C=O) groups is 1. The van der Waals surface area contributed by atoms with Crippen LogP contribution in [0.25, 0.3) is 0 Å². The Hall–Kier alpha value is -1.39. The molecule has 2 N–H and O–H groups in total. The van der Waals surface area contributed by atoms with Crippen LogP contribution in [0.15, 0.2) is 24.3 Å². The molecule has 2 aliphatic rings. The van der Waals surface area contributed by atoms with Crippen molar-refractivity contribution >= 4 is 11.6 Å². The molecule has 3 rings (SSSR count). The molecule has 0 spiro atoms. The zero-order valence-electron chi connectivity index (χ0n) is 11.8. The number of hydrogen-bond acceptors (Lipinski definition) is 3. The minimum atomic E-state index is 0.0348. The topological polar surface area (TPSA) is 55.6 Å². The highest BCUT2D eigenvalue weighted by atomic mass is 16.7. The second-order valence-corrected chi connectivity index (χ2v) is 5.87. The molecule has 1 heterocycles. The molecule has 1 saturated carbocycles. The number of rotatable bonds is 3. The molecular weight excluding hydrogens is 252 g/mol. The van der Waals surface area contributed by atoms with Crippen LogP contribution in [-0.2, 0) is 15.0 Å². The fraction of sp³-hybridized carbons (Fsp3) is 0.562. The van der Waals surface area contributed by atoms with Gasteiger partial charge in [0.25, 0.3) is 5.91 Å². The van der Waals surface area contributed by atoms with Crippen LogP contribution in [0.3, 0.4) is 0 Å². The number of hydroxylamine groups is 1. The summed E-state index contributed by atoms with van der Waals surface area (Å²) in [6, 6.07) is 8.16. The summed E-state index contributed by atoms with van der Waals surface area (Å²) < 4.78 is 0. The Labute approximate surface area is 119 Å². The minimum Gasteiger partial charge on any atom is -0.330 e. The Bertz CT molecular complexity index is 495. The van der Waals surface area contributed by atoms with Crippen LogP contribution >= 0.6 is 0 Å². The van der Waals surface area contributed by atoms with E-state index in [0.717, 1.165) is 18.5 Å². The summed E-state index contributed by atoms with van der Waals surface area (Å²) in [7, 11) is 0. The molecule has 0 unspecified atom stereocenters. The average molecular weight is 274 g/mol. The van der Waals surface area contributed by atoms with Crippen molar-refractivity contribution in [2.45, 2.75) is 43.9 Å². The first-order valence-corrected chi connectivity index (χ1v) is 7.52. The molecule has 1 aromatic rings. The second-order valence-electron chi connectivity index (χ2n) is 5.87. The molecule has 1 amide bonds. The van der Waals surface area contributed by atoms with E-state index in [0.29, 0.717) is 19.6 Å². The zero-order valence-corrected chi connectivity index (χ0v) is 11.8. The first-order valence-electron chi connectivity index (χ1n) is 7.52. The minimum absolute atomic E-state index is 0.0348. The lowest BCUT2D eigenvalue weighted by molar-refractivity contribution is -0.119. The maximum absolute atomic E-state index is 11.8. The van der Waals surface area contributed by atoms with Gasteiger partial charge >= 0.3 is 0 Å². The molecule has 1 aliphatic heterocycles. The number of benzene rings is 1. The van der Waals surface area contributed by atoms with Crippen LogP contribution < -0.4 is 10.8 Å². The lowest BCUT2D eigenvalue weighted by Crippen LogP contribution is -2.37. The number of anilines is 1. The summed E-state index contributed by atoms with van der Waals surface area (Å²) in [5, 5.41) is 1.43. The van der Waals surface area contributed by atoms with Crippen molar-refractivity contribution in [1.82, 2.24) is 0 Å². The number of nitrogens with two attached hydrogens (primary N) is 1. The summed E-state index contributed by atoms with van der Waals surface area (Å²) in [6.45, 7) is 1.15. The van der Waals surface area contributed by atoms with Gasteiger partial charge in [0.2, 0.25) is 0 Å². The summed E-state index contributed by atoms with van der Waals surface area (Å²) in [6.07, 6.45) is 6.52. The van der Waals surface area contributed by atoms with Crippen molar-refractivity contribution in [3.63, 3.8) is 0 Å². The number of nitrogens with zero attached hydrogens (tertiary/aromatic N) is 1. The first-order chi connectivity index (χ1) is 9.75. The molecular formula is C16H22N2O2. The Balaban J connectivity index is 1.91. The van der Waals surface area contributed by atoms with Crippen LogP contribution in [0.5, 0.6) is 0 Å². The third-order valence-corrected chi connectivity index (χ3v) is 4.66. The van der Waals surface area contributed by atoms with Crippen LogP contribution in [0.4, 0.5) is 5.69 Å². The van der Waals surface area contributed by atoms with Crippen LogP contribution in [0.2, 0.25) is 0 Å². The predicted molar refractivity (Wildman–Crippen MR) is 78.3 cm³/mol. The lowest BCUT2D eigenvalue weighted by atomic mass is 9.69. The number of hydrogen-bond donors (Lipinski definition) is 1. The Morgan fingerprint density at radius 3 is 2.70 bits per heavy atom. The summed E-state index contributed by atoms with van der Waals surface area (Å²) >= 11 is 0. The van der Waals surface area contributed by atoms with E-state index < -0.39 is 0 Å². The Kier molecular flexibility index (Phi) is 3.76. The van der Waals surface area contributed by atoms with E-state index in [-0.39, 0.29) is 11.3 Å². The molecule has 4 heteroatoms. The molecule has 1 saturated heterocycles. The van der Waals surface area contributed by atoms with Crippen molar-refractivity contribution < 1.29 is 9.63 Å². The van der Waals surface area contributed by atoms with Crippen molar-refractivity contribution in [2.75, 3.05) is 18.2 Å². The van der Waals surface area contributed by atoms with E-state index in [2.05, 4.69) is 12.1 Å². The maximum atomic E-state index is 11.8. The number of carbonyl (C=O) groups excluding carboxylic acids is 1. The predicted octanol–water partition coefficient (Wildman–Crippen LogP) is 2.52. The van der Waals surface area contributed by atoms with E-state index >= 15 is 0 Å². The average Bonchev–Trinajstić information content (AvgIpc) is 2.94. The molecule has 0 atom stereocenters. The molecule has 1 aromatic carbocycles. The zero-order chi connectivity index (χ0) is 14.0. The van der Waals surface area contributed by atoms with Gasteiger partial charge < -0.3 is 5.73 Å². The van der Waals surface area contributed by atoms with Crippen molar-refractivity contribution in [3.8, 4) is 0 Å². The fourth-order valence-electron chi connectivity index (χ4n) is 3.42. The Morgan fingerprint density at radius 2 is 2.05 bits per heavy atom. The summed E-state index contributed by atoms with van der Waals surface area (Å²) in [5.41, 5.74) is 8.26. The fourth-order valence-corrected chi connectivity index (χ4v) is 3.42. The van der Waals surface area contributed by atoms with Crippen LogP contribution in [0, 0.1) is 0 Å². The summed E-state index contributed by atoms with van der Waals surface area (Å²) in [5.74, 6) is 0.0348. The van der Waals surface area contributed by atoms with Gasteiger partial charge in [-0.3, -0.25) is 9.63 Å². The standard InChI is InChI=1S/C16H22N2O2/c17-12-16(8-2-1-3-9-16)13-5-4-6-14(11-13)18-15(19)7-10-20-18/h4-6,11H,1-3,7-10,12,17H2. The normalized spacial score (nSPS) is 22.2. The van der Waals surface area contributed by atoms with Gasteiger partial charge in [0, 0.05) is 12.0 Å². The second kappa shape index (κ2) is 5.54. The van der Waals surface area contributed by atoms with Gasteiger partial charge in [-0.05, 0) is 30.5 Å². The smallest absolute Gasteiger partial charge is 0.253 e. The summed E-state index contributed by atoms with van der Waals surface area (Å²) in [4.78, 5) is 17.2. The first kappa shape index (κ1) is 13.6. The molecule has 20 heavy (non-hydrogen) atoms. The Morgan fingerprint density at radius 1 is 1.25 bits per heavy atom. The van der Waals surface area contributed by atoms with Gasteiger partial charge in [-0.25, -0.2) is 0 Å². The molecule has 2 fully saturated rings. The van der Waals surface area contributed by atoms with Crippen LogP contribution in [-0.4, -0.2) is 19.1 Å². The molecule has 108 valence electrons. The molecule has 0 aromatic heterocycles. The van der Waals surface area contributed by atoms with Gasteiger partial charge in [-0.15, -0.1) is 0 Å². The van der Waals surface area contributed by atoms with Crippen LogP contribution in [0.1, 0.15) is 44.1 Å². The molecule has 0 bridgehead atoms. The van der Waals surface area contributed by atoms with Crippen molar-refractivity contribution in [2.24, 2.45) is 5.73 Å².